The number of piperazine rings is 1. The van der Waals surface area contributed by atoms with E-state index in [2.05, 4.69) is 36.5 Å². The molecule has 7 nitrogen and oxygen atoms in total. The average Bonchev–Trinajstić information content (AvgIpc) is 2.50. The normalized spacial score (nSPS) is 15.6. The Hall–Kier alpha value is -1.98. The van der Waals surface area contributed by atoms with Crippen molar-refractivity contribution in [1.29, 1.82) is 5.26 Å². The number of nitriles is 1. The summed E-state index contributed by atoms with van der Waals surface area (Å²) in [7, 11) is 0. The Bertz CT molecular complexity index is 544. The van der Waals surface area contributed by atoms with E-state index >= 15 is 0 Å². The molecule has 1 aromatic heterocycles. The van der Waals surface area contributed by atoms with E-state index in [1.54, 1.807) is 17.3 Å². The van der Waals surface area contributed by atoms with Gasteiger partial charge in [0.2, 0.25) is 5.95 Å². The minimum Gasteiger partial charge on any atom is -0.335 e. The van der Waals surface area contributed by atoms with Gasteiger partial charge in [0, 0.05) is 44.8 Å². The molecule has 0 bridgehead atoms. The minimum atomic E-state index is -0.279. The summed E-state index contributed by atoms with van der Waals surface area (Å²) in [6, 6.07) is 1.90. The van der Waals surface area contributed by atoms with Crippen molar-refractivity contribution in [3.8, 4) is 6.07 Å². The molecule has 0 aliphatic carbocycles. The third-order valence-electron chi connectivity index (χ3n) is 2.72. The lowest BCUT2D eigenvalue weighted by Gasteiger charge is -2.27. The van der Waals surface area contributed by atoms with Crippen molar-refractivity contribution >= 4 is 27.8 Å². The highest BCUT2D eigenvalue weighted by molar-refractivity contribution is 9.10. The fourth-order valence-corrected chi connectivity index (χ4v) is 1.91. The molecule has 20 heavy (non-hydrogen) atoms. The number of carbonyl (C=O) groups is 1. The van der Waals surface area contributed by atoms with Gasteiger partial charge in [-0.05, 0) is 15.9 Å². The van der Waals surface area contributed by atoms with E-state index in [9.17, 15) is 4.79 Å². The van der Waals surface area contributed by atoms with Gasteiger partial charge in [-0.1, -0.05) is 0 Å². The second kappa shape index (κ2) is 6.98. The van der Waals surface area contributed by atoms with Crippen molar-refractivity contribution in [3.63, 3.8) is 0 Å². The van der Waals surface area contributed by atoms with Crippen LogP contribution in [0.25, 0.3) is 0 Å². The standard InChI is InChI=1S/C12H13BrN6O/c13-10-7-17-12(18-8-10)16-6-9(5-14)11(20)19-3-1-15-2-4-19/h6-8,15H,1-4H2,(H,16,17,18)/b9-6-. The molecule has 0 saturated carbocycles. The van der Waals surface area contributed by atoms with Gasteiger partial charge in [-0.2, -0.15) is 5.26 Å². The molecule has 0 spiro atoms. The molecule has 1 aromatic rings. The maximum absolute atomic E-state index is 12.1. The van der Waals surface area contributed by atoms with E-state index in [0.717, 1.165) is 17.6 Å². The van der Waals surface area contributed by atoms with Crippen molar-refractivity contribution in [2.24, 2.45) is 0 Å². The number of amides is 1. The first kappa shape index (κ1) is 14.4. The molecule has 1 fully saturated rings. The average molecular weight is 337 g/mol. The minimum absolute atomic E-state index is 0.0402. The van der Waals surface area contributed by atoms with Crippen molar-refractivity contribution in [3.05, 3.63) is 28.6 Å². The lowest BCUT2D eigenvalue weighted by molar-refractivity contribution is -0.127. The van der Waals surface area contributed by atoms with Crippen LogP contribution in [0.5, 0.6) is 0 Å². The Morgan fingerprint density at radius 2 is 2.10 bits per heavy atom. The first-order chi connectivity index (χ1) is 9.70. The molecule has 2 N–H and O–H groups in total. The van der Waals surface area contributed by atoms with E-state index in [4.69, 9.17) is 5.26 Å². The van der Waals surface area contributed by atoms with Gasteiger partial charge in [-0.15, -0.1) is 0 Å². The van der Waals surface area contributed by atoms with Gasteiger partial charge < -0.3 is 15.5 Å². The van der Waals surface area contributed by atoms with Crippen LogP contribution in [-0.2, 0) is 4.79 Å². The summed E-state index contributed by atoms with van der Waals surface area (Å²) >= 11 is 3.23. The second-order valence-corrected chi connectivity index (χ2v) is 5.00. The first-order valence-corrected chi connectivity index (χ1v) is 6.84. The summed E-state index contributed by atoms with van der Waals surface area (Å²) in [4.78, 5) is 21.8. The highest BCUT2D eigenvalue weighted by Crippen LogP contribution is 2.08. The van der Waals surface area contributed by atoms with Gasteiger partial charge in [0.05, 0.1) is 4.47 Å². The molecule has 0 radical (unpaired) electrons. The number of aromatic nitrogens is 2. The number of anilines is 1. The van der Waals surface area contributed by atoms with Crippen molar-refractivity contribution in [2.45, 2.75) is 0 Å². The highest BCUT2D eigenvalue weighted by atomic mass is 79.9. The molecule has 104 valence electrons. The molecule has 2 heterocycles. The molecule has 0 unspecified atom stereocenters. The van der Waals surface area contributed by atoms with E-state index in [0.29, 0.717) is 19.0 Å². The first-order valence-electron chi connectivity index (χ1n) is 6.05. The van der Waals surface area contributed by atoms with Crippen LogP contribution < -0.4 is 10.6 Å². The maximum Gasteiger partial charge on any atom is 0.266 e. The summed E-state index contributed by atoms with van der Waals surface area (Å²) < 4.78 is 0.754. The largest absolute Gasteiger partial charge is 0.335 e. The number of halogens is 1. The molecule has 1 saturated heterocycles. The van der Waals surface area contributed by atoms with Crippen LogP contribution in [0, 0.1) is 11.3 Å². The topological polar surface area (TPSA) is 93.9 Å². The van der Waals surface area contributed by atoms with Crippen LogP contribution in [0.1, 0.15) is 0 Å². The van der Waals surface area contributed by atoms with Crippen LogP contribution in [0.2, 0.25) is 0 Å². The third kappa shape index (κ3) is 3.76. The Morgan fingerprint density at radius 1 is 1.45 bits per heavy atom. The second-order valence-electron chi connectivity index (χ2n) is 4.08. The quantitative estimate of drug-likeness (QED) is 0.616. The van der Waals surface area contributed by atoms with Gasteiger partial charge in [0.15, 0.2) is 0 Å². The molecule has 1 amide bonds. The number of carbonyl (C=O) groups excluding carboxylic acids is 1. The number of nitrogens with zero attached hydrogens (tertiary/aromatic N) is 4. The summed E-state index contributed by atoms with van der Waals surface area (Å²) in [6.45, 7) is 2.70. The predicted octanol–water partition coefficient (Wildman–Crippen LogP) is 0.490. The summed E-state index contributed by atoms with van der Waals surface area (Å²) in [5.41, 5.74) is 0.0402. The van der Waals surface area contributed by atoms with E-state index in [-0.39, 0.29) is 11.5 Å². The van der Waals surface area contributed by atoms with Gasteiger partial charge >= 0.3 is 0 Å². The smallest absolute Gasteiger partial charge is 0.266 e. The van der Waals surface area contributed by atoms with Crippen LogP contribution in [0.3, 0.4) is 0 Å². The Morgan fingerprint density at radius 3 is 2.70 bits per heavy atom. The van der Waals surface area contributed by atoms with E-state index < -0.39 is 0 Å². The molecule has 1 aliphatic heterocycles. The van der Waals surface area contributed by atoms with Crippen LogP contribution >= 0.6 is 15.9 Å². The maximum atomic E-state index is 12.1. The zero-order valence-electron chi connectivity index (χ0n) is 10.6. The van der Waals surface area contributed by atoms with Crippen molar-refractivity contribution in [2.75, 3.05) is 31.5 Å². The third-order valence-corrected chi connectivity index (χ3v) is 3.13. The highest BCUT2D eigenvalue weighted by Gasteiger charge is 2.19. The molecule has 0 aromatic carbocycles. The fraction of sp³-hybridized carbons (Fsp3) is 0.333. The molecule has 8 heteroatoms. The molecule has 0 atom stereocenters. The number of hydrogen-bond donors (Lipinski definition) is 2. The van der Waals surface area contributed by atoms with Crippen LogP contribution in [0.4, 0.5) is 5.95 Å². The van der Waals surface area contributed by atoms with Gasteiger partial charge in [0.25, 0.3) is 5.91 Å². The van der Waals surface area contributed by atoms with Gasteiger partial charge in [-0.3, -0.25) is 4.79 Å². The monoisotopic (exact) mass is 336 g/mol. The van der Waals surface area contributed by atoms with Crippen LogP contribution in [0.15, 0.2) is 28.6 Å². The van der Waals surface area contributed by atoms with E-state index in [1.165, 1.54) is 6.20 Å². The zero-order chi connectivity index (χ0) is 14.4. The lowest BCUT2D eigenvalue weighted by Crippen LogP contribution is -2.46. The summed E-state index contributed by atoms with van der Waals surface area (Å²) in [6.07, 6.45) is 4.49. The van der Waals surface area contributed by atoms with Crippen molar-refractivity contribution in [1.82, 2.24) is 20.2 Å². The van der Waals surface area contributed by atoms with Gasteiger partial charge in [0.1, 0.15) is 11.6 Å². The Kier molecular flexibility index (Phi) is 5.03. The Balaban J connectivity index is 2.03. The summed E-state index contributed by atoms with van der Waals surface area (Å²) in [5, 5.41) is 15.0. The molecule has 1 aliphatic rings. The predicted molar refractivity (Wildman–Crippen MR) is 76.5 cm³/mol. The number of nitrogens with one attached hydrogen (secondary N) is 2. The number of rotatable bonds is 3. The SMILES string of the molecule is N#C/C(=C/Nc1ncc(Br)cn1)C(=O)N1CCNCC1. The van der Waals surface area contributed by atoms with Crippen molar-refractivity contribution < 1.29 is 4.79 Å². The molecule has 2 rings (SSSR count). The lowest BCUT2D eigenvalue weighted by atomic mass is 10.2. The summed E-state index contributed by atoms with van der Waals surface area (Å²) in [5.74, 6) is 0.0488. The number of hydrogen-bond acceptors (Lipinski definition) is 6. The molecular weight excluding hydrogens is 324 g/mol. The molecular formula is C12H13BrN6O. The fourth-order valence-electron chi connectivity index (χ4n) is 1.70. The van der Waals surface area contributed by atoms with E-state index in [1.807, 2.05) is 6.07 Å². The Labute approximate surface area is 124 Å². The van der Waals surface area contributed by atoms with Gasteiger partial charge in [-0.25, -0.2) is 9.97 Å². The van der Waals surface area contributed by atoms with Crippen LogP contribution in [-0.4, -0.2) is 47.0 Å². The zero-order valence-corrected chi connectivity index (χ0v) is 12.2.